The Labute approximate surface area is 128 Å². The largest absolute Gasteiger partial charge is 0.375 e. The van der Waals surface area contributed by atoms with Crippen LogP contribution in [0.15, 0.2) is 12.3 Å². The molecule has 21 heavy (non-hydrogen) atoms. The van der Waals surface area contributed by atoms with Gasteiger partial charge in [-0.2, -0.15) is 0 Å². The summed E-state index contributed by atoms with van der Waals surface area (Å²) in [4.78, 5) is 14.0. The van der Waals surface area contributed by atoms with Crippen LogP contribution >= 0.6 is 0 Å². The Morgan fingerprint density at radius 1 is 1.52 bits per heavy atom. The number of carbonyl (C=O) groups is 1. The summed E-state index contributed by atoms with van der Waals surface area (Å²) in [5.41, 5.74) is 1.97. The van der Waals surface area contributed by atoms with Gasteiger partial charge in [0, 0.05) is 43.7 Å². The van der Waals surface area contributed by atoms with E-state index in [1.54, 1.807) is 6.92 Å². The second kappa shape index (κ2) is 6.32. The number of carbonyl (C=O) groups excluding carboxylic acids is 1. The molecule has 0 amide bonds. The molecule has 1 fully saturated rings. The summed E-state index contributed by atoms with van der Waals surface area (Å²) in [6.45, 7) is 10.9. The Morgan fingerprint density at radius 3 is 2.76 bits per heavy atom. The number of nitrogens with zero attached hydrogens (tertiary/aromatic N) is 2. The van der Waals surface area contributed by atoms with Crippen molar-refractivity contribution >= 4 is 5.78 Å². The van der Waals surface area contributed by atoms with Crippen LogP contribution in [0, 0.1) is 0 Å². The standard InChI is InChI=1S/C17H28N2O2/c1-6-19(15-7-8-21-17(3,4)10-15)12-16-9-14(13(2)20)11-18(16)5/h9,11,15H,6-8,10,12H2,1-5H3. The maximum absolute atomic E-state index is 11.5. The maximum atomic E-state index is 11.5. The highest BCUT2D eigenvalue weighted by Crippen LogP contribution is 2.28. The lowest BCUT2D eigenvalue weighted by molar-refractivity contribution is -0.0840. The molecule has 1 aromatic heterocycles. The lowest BCUT2D eigenvalue weighted by Gasteiger charge is -2.41. The average Bonchev–Trinajstić information content (AvgIpc) is 2.76. The van der Waals surface area contributed by atoms with E-state index in [2.05, 4.69) is 30.2 Å². The maximum Gasteiger partial charge on any atom is 0.161 e. The van der Waals surface area contributed by atoms with Crippen LogP contribution in [0.4, 0.5) is 0 Å². The molecule has 0 N–H and O–H groups in total. The molecule has 118 valence electrons. The molecule has 0 bridgehead atoms. The summed E-state index contributed by atoms with van der Waals surface area (Å²) in [6, 6.07) is 2.57. The van der Waals surface area contributed by atoms with Gasteiger partial charge in [-0.25, -0.2) is 0 Å². The van der Waals surface area contributed by atoms with E-state index >= 15 is 0 Å². The van der Waals surface area contributed by atoms with E-state index in [0.29, 0.717) is 6.04 Å². The molecule has 1 atom stereocenters. The lowest BCUT2D eigenvalue weighted by atomic mass is 9.92. The fraction of sp³-hybridized carbons (Fsp3) is 0.706. The zero-order chi connectivity index (χ0) is 15.6. The molecular weight excluding hydrogens is 264 g/mol. The van der Waals surface area contributed by atoms with E-state index in [1.165, 1.54) is 5.69 Å². The molecule has 4 heteroatoms. The third kappa shape index (κ3) is 3.95. The van der Waals surface area contributed by atoms with Crippen molar-refractivity contribution in [2.75, 3.05) is 13.2 Å². The Morgan fingerprint density at radius 2 is 2.24 bits per heavy atom. The highest BCUT2D eigenvalue weighted by molar-refractivity contribution is 5.94. The number of ketones is 1. The number of rotatable bonds is 5. The molecule has 0 aliphatic carbocycles. The van der Waals surface area contributed by atoms with Gasteiger partial charge in [-0.05, 0) is 46.2 Å². The van der Waals surface area contributed by atoms with E-state index in [0.717, 1.165) is 38.1 Å². The number of aryl methyl sites for hydroxylation is 1. The Balaban J connectivity index is 2.10. The Hall–Kier alpha value is -1.13. The molecule has 0 radical (unpaired) electrons. The zero-order valence-electron chi connectivity index (χ0n) is 14.0. The molecule has 2 rings (SSSR count). The van der Waals surface area contributed by atoms with Crippen LogP contribution in [0.2, 0.25) is 0 Å². The van der Waals surface area contributed by atoms with Crippen LogP contribution in [0.5, 0.6) is 0 Å². The molecule has 0 aromatic carbocycles. The predicted molar refractivity (Wildman–Crippen MR) is 84.6 cm³/mol. The van der Waals surface area contributed by atoms with Gasteiger partial charge in [0.25, 0.3) is 0 Å². The third-order valence-corrected chi connectivity index (χ3v) is 4.47. The van der Waals surface area contributed by atoms with Crippen molar-refractivity contribution in [1.29, 1.82) is 0 Å². The van der Waals surface area contributed by atoms with Gasteiger partial charge >= 0.3 is 0 Å². The number of hydrogen-bond donors (Lipinski definition) is 0. The molecule has 0 spiro atoms. The first kappa shape index (κ1) is 16.2. The van der Waals surface area contributed by atoms with E-state index < -0.39 is 0 Å². The molecule has 1 aliphatic heterocycles. The van der Waals surface area contributed by atoms with Gasteiger partial charge in [0.15, 0.2) is 5.78 Å². The monoisotopic (exact) mass is 292 g/mol. The second-order valence-electron chi connectivity index (χ2n) is 6.71. The third-order valence-electron chi connectivity index (χ3n) is 4.47. The fourth-order valence-electron chi connectivity index (χ4n) is 3.18. The number of aromatic nitrogens is 1. The van der Waals surface area contributed by atoms with Gasteiger partial charge in [0.1, 0.15) is 0 Å². The normalized spacial score (nSPS) is 21.7. The number of ether oxygens (including phenoxy) is 1. The van der Waals surface area contributed by atoms with Crippen molar-refractivity contribution < 1.29 is 9.53 Å². The first-order valence-electron chi connectivity index (χ1n) is 7.86. The minimum Gasteiger partial charge on any atom is -0.375 e. The van der Waals surface area contributed by atoms with E-state index in [-0.39, 0.29) is 11.4 Å². The molecular formula is C17H28N2O2. The van der Waals surface area contributed by atoms with E-state index in [9.17, 15) is 4.79 Å². The molecule has 1 saturated heterocycles. The highest BCUT2D eigenvalue weighted by Gasteiger charge is 2.32. The van der Waals surface area contributed by atoms with Crippen LogP contribution in [0.25, 0.3) is 0 Å². The van der Waals surface area contributed by atoms with Crippen molar-refractivity contribution in [2.45, 2.75) is 58.7 Å². The van der Waals surface area contributed by atoms with Gasteiger partial charge in [-0.3, -0.25) is 9.69 Å². The Bertz CT molecular complexity index is 505. The summed E-state index contributed by atoms with van der Waals surface area (Å²) < 4.78 is 7.90. The van der Waals surface area contributed by atoms with E-state index in [1.807, 2.05) is 19.3 Å². The van der Waals surface area contributed by atoms with Crippen LogP contribution in [0.3, 0.4) is 0 Å². The van der Waals surface area contributed by atoms with Gasteiger partial charge in [-0.15, -0.1) is 0 Å². The summed E-state index contributed by atoms with van der Waals surface area (Å²) in [5.74, 6) is 0.132. The zero-order valence-corrected chi connectivity index (χ0v) is 14.0. The molecule has 4 nitrogen and oxygen atoms in total. The van der Waals surface area contributed by atoms with Crippen LogP contribution in [-0.4, -0.2) is 40.0 Å². The van der Waals surface area contributed by atoms with Crippen molar-refractivity contribution in [3.8, 4) is 0 Å². The van der Waals surface area contributed by atoms with Gasteiger partial charge in [0.2, 0.25) is 0 Å². The van der Waals surface area contributed by atoms with Crippen molar-refractivity contribution in [3.05, 3.63) is 23.5 Å². The topological polar surface area (TPSA) is 34.5 Å². The van der Waals surface area contributed by atoms with E-state index in [4.69, 9.17) is 4.74 Å². The Kier molecular flexibility index (Phi) is 4.89. The van der Waals surface area contributed by atoms with Crippen LogP contribution in [-0.2, 0) is 18.3 Å². The number of hydrogen-bond acceptors (Lipinski definition) is 3. The highest BCUT2D eigenvalue weighted by atomic mass is 16.5. The summed E-state index contributed by atoms with van der Waals surface area (Å²) >= 11 is 0. The van der Waals surface area contributed by atoms with Gasteiger partial charge in [-0.1, -0.05) is 6.92 Å². The summed E-state index contributed by atoms with van der Waals surface area (Å²) in [7, 11) is 2.02. The van der Waals surface area contributed by atoms with Gasteiger partial charge < -0.3 is 9.30 Å². The first-order valence-corrected chi connectivity index (χ1v) is 7.86. The minimum absolute atomic E-state index is 0.0326. The fourth-order valence-corrected chi connectivity index (χ4v) is 3.18. The smallest absolute Gasteiger partial charge is 0.161 e. The SMILES string of the molecule is CCN(Cc1cc(C(C)=O)cn1C)C1CCOC(C)(C)C1. The molecule has 2 heterocycles. The quantitative estimate of drug-likeness (QED) is 0.782. The molecule has 0 saturated carbocycles. The van der Waals surface area contributed by atoms with Crippen LogP contribution < -0.4 is 0 Å². The van der Waals surface area contributed by atoms with Crippen LogP contribution in [0.1, 0.15) is 56.6 Å². The summed E-state index contributed by atoms with van der Waals surface area (Å²) in [6.07, 6.45) is 4.07. The van der Waals surface area contributed by atoms with Crippen molar-refractivity contribution in [2.24, 2.45) is 7.05 Å². The molecule has 1 aliphatic rings. The summed E-state index contributed by atoms with van der Waals surface area (Å²) in [5, 5.41) is 0. The van der Waals surface area contributed by atoms with Gasteiger partial charge in [0.05, 0.1) is 5.60 Å². The second-order valence-corrected chi connectivity index (χ2v) is 6.71. The lowest BCUT2D eigenvalue weighted by Crippen LogP contribution is -2.45. The molecule has 1 aromatic rings. The predicted octanol–water partition coefficient (Wildman–Crippen LogP) is 3.01. The average molecular weight is 292 g/mol. The van der Waals surface area contributed by atoms with Crippen molar-refractivity contribution in [3.63, 3.8) is 0 Å². The first-order chi connectivity index (χ1) is 9.82. The molecule has 1 unspecified atom stereocenters. The van der Waals surface area contributed by atoms with Crippen molar-refractivity contribution in [1.82, 2.24) is 9.47 Å². The number of Topliss-reactive ketones (excluding diaryl/α,β-unsaturated/α-hetero) is 1. The minimum atomic E-state index is -0.0326.